The monoisotopic (exact) mass is 324 g/mol. The summed E-state index contributed by atoms with van der Waals surface area (Å²) in [6.45, 7) is 1.75. The van der Waals surface area contributed by atoms with E-state index in [1.807, 2.05) is 0 Å². The third kappa shape index (κ3) is 1.85. The zero-order valence-electron chi connectivity index (χ0n) is 13.0. The predicted octanol–water partition coefficient (Wildman–Crippen LogP) is 2.57. The van der Waals surface area contributed by atoms with E-state index in [0.29, 0.717) is 10.9 Å². The van der Waals surface area contributed by atoms with E-state index >= 15 is 0 Å². The number of phenols is 2. The van der Waals surface area contributed by atoms with Gasteiger partial charge in [-0.25, -0.2) is 0 Å². The lowest BCUT2D eigenvalue weighted by molar-refractivity contribution is -0.123. The number of fused-ring (bicyclic) bond motifs is 4. The van der Waals surface area contributed by atoms with Crippen LogP contribution in [0, 0.1) is 0 Å². The predicted molar refractivity (Wildman–Crippen MR) is 87.3 cm³/mol. The third-order valence-electron chi connectivity index (χ3n) is 5.00. The molecule has 0 aromatic heterocycles. The number of carbonyl (C=O) groups is 2. The molecule has 3 N–H and O–H groups in total. The van der Waals surface area contributed by atoms with Crippen LogP contribution in [0.2, 0.25) is 0 Å². The van der Waals surface area contributed by atoms with Gasteiger partial charge in [-0.1, -0.05) is 17.7 Å². The van der Waals surface area contributed by atoms with Crippen molar-refractivity contribution < 1.29 is 24.9 Å². The molecular formula is C19H16O5. The Morgan fingerprint density at radius 1 is 1.17 bits per heavy atom. The zero-order valence-corrected chi connectivity index (χ0v) is 13.0. The molecule has 2 atom stereocenters. The lowest BCUT2D eigenvalue weighted by Gasteiger charge is -2.42. The smallest absolute Gasteiger partial charge is 0.169 e. The van der Waals surface area contributed by atoms with Gasteiger partial charge in [-0.05, 0) is 42.5 Å². The second-order valence-corrected chi connectivity index (χ2v) is 6.77. The molecule has 4 rings (SSSR count). The van der Waals surface area contributed by atoms with Gasteiger partial charge in [0.25, 0.3) is 0 Å². The van der Waals surface area contributed by atoms with Crippen molar-refractivity contribution in [1.82, 2.24) is 0 Å². The number of phenolic OH excluding ortho intramolecular Hbond substituents is 2. The number of aliphatic hydroxyl groups is 1. The van der Waals surface area contributed by atoms with Crippen LogP contribution in [0.4, 0.5) is 0 Å². The van der Waals surface area contributed by atoms with Crippen molar-refractivity contribution in [2.75, 3.05) is 0 Å². The molecule has 0 bridgehead atoms. The second-order valence-electron chi connectivity index (χ2n) is 6.77. The minimum atomic E-state index is -1.46. The van der Waals surface area contributed by atoms with E-state index in [2.05, 4.69) is 0 Å². The lowest BCUT2D eigenvalue weighted by Crippen LogP contribution is -2.48. The molecule has 0 amide bonds. The van der Waals surface area contributed by atoms with Crippen molar-refractivity contribution in [3.05, 3.63) is 47.0 Å². The normalized spacial score (nSPS) is 26.1. The van der Waals surface area contributed by atoms with E-state index in [-0.39, 0.29) is 41.1 Å². The molecule has 2 aliphatic rings. The van der Waals surface area contributed by atoms with Crippen molar-refractivity contribution in [3.8, 4) is 11.5 Å². The average molecular weight is 324 g/mol. The molecule has 0 aliphatic heterocycles. The van der Waals surface area contributed by atoms with Crippen LogP contribution in [-0.4, -0.2) is 32.5 Å². The van der Waals surface area contributed by atoms with Crippen LogP contribution in [0.3, 0.4) is 0 Å². The van der Waals surface area contributed by atoms with Gasteiger partial charge >= 0.3 is 0 Å². The minimum absolute atomic E-state index is 0.0278. The summed E-state index contributed by atoms with van der Waals surface area (Å²) in [5.74, 6) is -2.03. The molecule has 5 heteroatoms. The third-order valence-corrected chi connectivity index (χ3v) is 5.00. The molecule has 0 radical (unpaired) electrons. The largest absolute Gasteiger partial charge is 0.507 e. The number of carbonyl (C=O) groups excluding carboxylic acids is 2. The summed E-state index contributed by atoms with van der Waals surface area (Å²) in [5, 5.41) is 32.2. The molecule has 0 fully saturated rings. The fourth-order valence-electron chi connectivity index (χ4n) is 4.16. The van der Waals surface area contributed by atoms with Gasteiger partial charge in [0.15, 0.2) is 11.6 Å². The minimum Gasteiger partial charge on any atom is -0.507 e. The molecular weight excluding hydrogens is 308 g/mol. The first-order valence-electron chi connectivity index (χ1n) is 7.76. The number of aromatic hydroxyl groups is 2. The Morgan fingerprint density at radius 2 is 1.92 bits per heavy atom. The fourth-order valence-corrected chi connectivity index (χ4v) is 4.16. The van der Waals surface area contributed by atoms with Crippen molar-refractivity contribution in [2.24, 2.45) is 0 Å². The van der Waals surface area contributed by atoms with Crippen molar-refractivity contribution in [3.63, 3.8) is 0 Å². The highest BCUT2D eigenvalue weighted by atomic mass is 16.3. The molecule has 0 saturated carbocycles. The van der Waals surface area contributed by atoms with Crippen molar-refractivity contribution >= 4 is 22.3 Å². The van der Waals surface area contributed by atoms with Gasteiger partial charge in [-0.3, -0.25) is 9.59 Å². The van der Waals surface area contributed by atoms with E-state index in [4.69, 9.17) is 0 Å². The van der Waals surface area contributed by atoms with Crippen LogP contribution >= 0.6 is 0 Å². The highest BCUT2D eigenvalue weighted by molar-refractivity contribution is 6.13. The van der Waals surface area contributed by atoms with Crippen LogP contribution in [-0.2, 0) is 4.79 Å². The Kier molecular flexibility index (Phi) is 2.90. The standard InChI is InChI=1S/C19H16O5/c1-9-5-13(21)17-11-6-10-3-2-4-12(20)15(10)18(23)16(11)14(22)8-19(17,24)7-9/h2-6,17,20,23-24H,7-8H2,1H3/t17?,19-/m1/s1. The summed E-state index contributed by atoms with van der Waals surface area (Å²) >= 11 is 0. The Balaban J connectivity index is 2.08. The van der Waals surface area contributed by atoms with Gasteiger partial charge in [0.2, 0.25) is 0 Å². The topological polar surface area (TPSA) is 94.8 Å². The summed E-state index contributed by atoms with van der Waals surface area (Å²) in [6.07, 6.45) is 1.50. The molecule has 2 aromatic carbocycles. The Labute approximate surface area is 137 Å². The highest BCUT2D eigenvalue weighted by Gasteiger charge is 2.51. The van der Waals surface area contributed by atoms with Gasteiger partial charge < -0.3 is 15.3 Å². The Hall–Kier alpha value is -2.66. The first-order chi connectivity index (χ1) is 11.3. The first-order valence-corrected chi connectivity index (χ1v) is 7.76. The summed E-state index contributed by atoms with van der Waals surface area (Å²) in [5.41, 5.74) is -0.368. The summed E-state index contributed by atoms with van der Waals surface area (Å²) < 4.78 is 0. The van der Waals surface area contributed by atoms with Crippen molar-refractivity contribution in [2.45, 2.75) is 31.3 Å². The van der Waals surface area contributed by atoms with E-state index in [0.717, 1.165) is 5.57 Å². The SMILES string of the molecule is CC1=CC(=O)C2c3cc4cccc(O)c4c(O)c3C(=O)C[C@]2(O)C1. The number of Topliss-reactive ketones (excluding diaryl/α,β-unsaturated/α-hetero) is 1. The van der Waals surface area contributed by atoms with E-state index in [1.54, 1.807) is 25.1 Å². The molecule has 0 spiro atoms. The van der Waals surface area contributed by atoms with Gasteiger partial charge in [0.05, 0.1) is 22.5 Å². The molecule has 0 heterocycles. The van der Waals surface area contributed by atoms with Crippen LogP contribution in [0.15, 0.2) is 35.9 Å². The van der Waals surface area contributed by atoms with Gasteiger partial charge in [-0.15, -0.1) is 0 Å². The van der Waals surface area contributed by atoms with Gasteiger partial charge in [0.1, 0.15) is 11.5 Å². The molecule has 122 valence electrons. The Bertz CT molecular complexity index is 956. The van der Waals surface area contributed by atoms with Crippen LogP contribution < -0.4 is 0 Å². The zero-order chi connectivity index (χ0) is 17.2. The number of hydrogen-bond donors (Lipinski definition) is 3. The van der Waals surface area contributed by atoms with E-state index in [9.17, 15) is 24.9 Å². The first kappa shape index (κ1) is 14.9. The van der Waals surface area contributed by atoms with Gasteiger partial charge in [0, 0.05) is 6.42 Å². The molecule has 0 saturated heterocycles. The Morgan fingerprint density at radius 3 is 2.67 bits per heavy atom. The van der Waals surface area contributed by atoms with E-state index < -0.39 is 17.3 Å². The number of hydrogen-bond acceptors (Lipinski definition) is 5. The lowest BCUT2D eigenvalue weighted by atomic mass is 9.64. The number of rotatable bonds is 0. The molecule has 2 aliphatic carbocycles. The van der Waals surface area contributed by atoms with Crippen molar-refractivity contribution in [1.29, 1.82) is 0 Å². The maximum absolute atomic E-state index is 12.6. The quantitative estimate of drug-likeness (QED) is 0.692. The molecule has 2 aromatic rings. The number of ketones is 2. The van der Waals surface area contributed by atoms with Crippen LogP contribution in [0.1, 0.15) is 41.6 Å². The summed E-state index contributed by atoms with van der Waals surface area (Å²) in [6, 6.07) is 6.34. The maximum atomic E-state index is 12.6. The maximum Gasteiger partial charge on any atom is 0.169 e. The highest BCUT2D eigenvalue weighted by Crippen LogP contribution is 2.50. The van der Waals surface area contributed by atoms with Crippen LogP contribution in [0.25, 0.3) is 10.8 Å². The molecule has 24 heavy (non-hydrogen) atoms. The number of benzene rings is 2. The molecule has 5 nitrogen and oxygen atoms in total. The van der Waals surface area contributed by atoms with Crippen LogP contribution in [0.5, 0.6) is 11.5 Å². The number of allylic oxidation sites excluding steroid dienone is 1. The summed E-state index contributed by atoms with van der Waals surface area (Å²) in [7, 11) is 0. The fraction of sp³-hybridized carbons (Fsp3) is 0.263. The van der Waals surface area contributed by atoms with Gasteiger partial charge in [-0.2, -0.15) is 0 Å². The average Bonchev–Trinajstić information content (AvgIpc) is 2.44. The molecule has 1 unspecified atom stereocenters. The van der Waals surface area contributed by atoms with E-state index in [1.165, 1.54) is 12.1 Å². The summed E-state index contributed by atoms with van der Waals surface area (Å²) in [4.78, 5) is 25.2. The second kappa shape index (κ2) is 4.68.